The van der Waals surface area contributed by atoms with Gasteiger partial charge in [-0.25, -0.2) is 0 Å². The zero-order chi connectivity index (χ0) is 12.0. The van der Waals surface area contributed by atoms with Crippen LogP contribution in [0.2, 0.25) is 19.6 Å². The zero-order valence-corrected chi connectivity index (χ0v) is 11.7. The van der Waals surface area contributed by atoms with E-state index in [9.17, 15) is 0 Å². The van der Waals surface area contributed by atoms with Crippen molar-refractivity contribution in [3.05, 3.63) is 59.8 Å². The lowest BCUT2D eigenvalue weighted by atomic mass is 10.0. The molecule has 1 aromatic rings. The molecule has 0 nitrogen and oxygen atoms in total. The fourth-order valence-corrected chi connectivity index (χ4v) is 2.48. The maximum atomic E-state index is 3.81. The molecule has 0 heterocycles. The molecule has 0 saturated carbocycles. The lowest BCUT2D eigenvalue weighted by Gasteiger charge is -2.09. The Labute approximate surface area is 101 Å². The molecule has 1 rings (SSSR count). The first kappa shape index (κ1) is 13.0. The Balaban J connectivity index is 2.73. The van der Waals surface area contributed by atoms with Gasteiger partial charge in [-0.2, -0.15) is 0 Å². The number of hydrogen-bond donors (Lipinski definition) is 0. The summed E-state index contributed by atoms with van der Waals surface area (Å²) in [7, 11) is -1.05. The third-order valence-corrected chi connectivity index (χ3v) is 3.67. The van der Waals surface area contributed by atoms with Gasteiger partial charge in [-0.15, -0.1) is 6.58 Å². The van der Waals surface area contributed by atoms with Gasteiger partial charge in [0.25, 0.3) is 0 Å². The van der Waals surface area contributed by atoms with E-state index >= 15 is 0 Å². The van der Waals surface area contributed by atoms with Gasteiger partial charge in [0.15, 0.2) is 0 Å². The Morgan fingerprint density at radius 3 is 2.12 bits per heavy atom. The molecule has 1 aromatic carbocycles. The van der Waals surface area contributed by atoms with Crippen molar-refractivity contribution in [1.82, 2.24) is 0 Å². The minimum atomic E-state index is -1.05. The monoisotopic (exact) mass is 230 g/mol. The van der Waals surface area contributed by atoms with Gasteiger partial charge >= 0.3 is 0 Å². The molecule has 86 valence electrons. The van der Waals surface area contributed by atoms with Gasteiger partial charge in [0.2, 0.25) is 0 Å². The molecule has 0 N–H and O–H groups in total. The molecule has 0 fully saturated rings. The Morgan fingerprint density at radius 2 is 1.62 bits per heavy atom. The summed E-state index contributed by atoms with van der Waals surface area (Å²) in [5, 5.41) is 0. The summed E-state index contributed by atoms with van der Waals surface area (Å²) in [6, 6.07) is 8.63. The summed E-state index contributed by atoms with van der Waals surface area (Å²) in [4.78, 5) is 0. The van der Waals surface area contributed by atoms with Crippen LogP contribution in [0.5, 0.6) is 0 Å². The minimum absolute atomic E-state index is 0.969. The summed E-state index contributed by atoms with van der Waals surface area (Å²) in [5.41, 5.74) is 5.24. The van der Waals surface area contributed by atoms with Crippen LogP contribution in [0.1, 0.15) is 11.1 Å². The highest BCUT2D eigenvalue weighted by Gasteiger charge is 2.06. The van der Waals surface area contributed by atoms with E-state index in [1.807, 2.05) is 6.08 Å². The molecule has 0 radical (unpaired) electrons. The third-order valence-electron chi connectivity index (χ3n) is 2.44. The van der Waals surface area contributed by atoms with Crippen molar-refractivity contribution in [3.63, 3.8) is 0 Å². The van der Waals surface area contributed by atoms with Crippen LogP contribution in [-0.4, -0.2) is 8.07 Å². The molecule has 0 bridgehead atoms. The second-order valence-corrected chi connectivity index (χ2v) is 10.3. The predicted octanol–water partition coefficient (Wildman–Crippen LogP) is 4.39. The van der Waals surface area contributed by atoms with Gasteiger partial charge in [-0.3, -0.25) is 0 Å². The van der Waals surface area contributed by atoms with Crippen molar-refractivity contribution in [2.45, 2.75) is 32.5 Å². The first-order chi connectivity index (χ1) is 7.53. The number of hydrogen-bond acceptors (Lipinski definition) is 0. The first-order valence-electron chi connectivity index (χ1n) is 5.88. The number of benzene rings is 1. The molecular weight excluding hydrogens is 208 g/mol. The van der Waals surface area contributed by atoms with Crippen LogP contribution < -0.4 is 0 Å². The topological polar surface area (TPSA) is 0 Å². The van der Waals surface area contributed by atoms with Crippen molar-refractivity contribution in [3.8, 4) is 0 Å². The molecule has 0 amide bonds. The summed E-state index contributed by atoms with van der Waals surface area (Å²) >= 11 is 0. The molecule has 0 aliphatic carbocycles. The highest BCUT2D eigenvalue weighted by molar-refractivity contribution is 6.80. The molecule has 0 saturated heterocycles. The zero-order valence-electron chi connectivity index (χ0n) is 10.7. The average Bonchev–Trinajstić information content (AvgIpc) is 2.19. The Morgan fingerprint density at radius 1 is 1.06 bits per heavy atom. The normalized spacial score (nSPS) is 11.9. The molecule has 16 heavy (non-hydrogen) atoms. The van der Waals surface area contributed by atoms with E-state index in [4.69, 9.17) is 0 Å². The van der Waals surface area contributed by atoms with Crippen LogP contribution in [0, 0.1) is 0 Å². The van der Waals surface area contributed by atoms with Crippen molar-refractivity contribution >= 4 is 8.07 Å². The van der Waals surface area contributed by atoms with Crippen LogP contribution in [0.25, 0.3) is 0 Å². The smallest absolute Gasteiger partial charge is 0.0683 e. The second-order valence-electron chi connectivity index (χ2n) is 5.23. The highest BCUT2D eigenvalue weighted by atomic mass is 28.3. The van der Waals surface area contributed by atoms with E-state index < -0.39 is 8.07 Å². The molecule has 0 spiro atoms. The maximum Gasteiger partial charge on any atom is 0.0683 e. The van der Waals surface area contributed by atoms with Crippen molar-refractivity contribution in [2.24, 2.45) is 0 Å². The van der Waals surface area contributed by atoms with Crippen LogP contribution in [-0.2, 0) is 12.8 Å². The molecule has 1 heteroatoms. The van der Waals surface area contributed by atoms with Crippen molar-refractivity contribution in [1.29, 1.82) is 0 Å². The third kappa shape index (κ3) is 4.62. The quantitative estimate of drug-likeness (QED) is 0.520. The number of allylic oxidation sites excluding steroid dienone is 2. The molecule has 0 atom stereocenters. The van der Waals surface area contributed by atoms with E-state index in [2.05, 4.69) is 62.3 Å². The maximum absolute atomic E-state index is 3.81. The van der Waals surface area contributed by atoms with Gasteiger partial charge in [0.1, 0.15) is 0 Å². The van der Waals surface area contributed by atoms with Crippen molar-refractivity contribution in [2.75, 3.05) is 0 Å². The Bertz CT molecular complexity index is 369. The fourth-order valence-electron chi connectivity index (χ4n) is 1.65. The van der Waals surface area contributed by atoms with Crippen LogP contribution >= 0.6 is 0 Å². The summed E-state index contributed by atoms with van der Waals surface area (Å²) in [5.74, 6) is 0. The summed E-state index contributed by atoms with van der Waals surface area (Å²) in [6.07, 6.45) is 6.32. The average molecular weight is 230 g/mol. The predicted molar refractivity (Wildman–Crippen MR) is 76.5 cm³/mol. The Hall–Kier alpha value is -1.08. The van der Waals surface area contributed by atoms with Gasteiger partial charge in [0.05, 0.1) is 8.07 Å². The molecule has 0 unspecified atom stereocenters. The van der Waals surface area contributed by atoms with Gasteiger partial charge in [-0.1, -0.05) is 61.8 Å². The summed E-state index contributed by atoms with van der Waals surface area (Å²) < 4.78 is 0. The highest BCUT2D eigenvalue weighted by Crippen LogP contribution is 2.12. The lowest BCUT2D eigenvalue weighted by Crippen LogP contribution is -2.15. The van der Waals surface area contributed by atoms with Crippen LogP contribution in [0.3, 0.4) is 0 Å². The molecule has 0 aromatic heterocycles. The SMILES string of the molecule is C=CCc1ccccc1C/C=C/[Si](C)(C)C. The lowest BCUT2D eigenvalue weighted by molar-refractivity contribution is 1.15. The minimum Gasteiger partial charge on any atom is -0.103 e. The van der Waals surface area contributed by atoms with E-state index in [1.54, 1.807) is 0 Å². The Kier molecular flexibility index (Phi) is 4.75. The van der Waals surface area contributed by atoms with E-state index in [-0.39, 0.29) is 0 Å². The molecular formula is C15H22Si. The molecule has 0 aliphatic rings. The first-order valence-corrected chi connectivity index (χ1v) is 9.46. The van der Waals surface area contributed by atoms with E-state index in [1.165, 1.54) is 11.1 Å². The fraction of sp³-hybridized carbons (Fsp3) is 0.333. The van der Waals surface area contributed by atoms with Crippen LogP contribution in [0.4, 0.5) is 0 Å². The largest absolute Gasteiger partial charge is 0.103 e. The van der Waals surface area contributed by atoms with Gasteiger partial charge in [0, 0.05) is 0 Å². The molecule has 0 aliphatic heterocycles. The summed E-state index contributed by atoms with van der Waals surface area (Å²) in [6.45, 7) is 10.9. The van der Waals surface area contributed by atoms with E-state index in [0.717, 1.165) is 12.8 Å². The van der Waals surface area contributed by atoms with Crippen molar-refractivity contribution < 1.29 is 0 Å². The standard InChI is InChI=1S/C15H22Si/c1-5-9-14-10-6-7-11-15(14)12-8-13-16(2,3)4/h5-8,10-11,13H,1,9,12H2,2-4H3/b13-8+. The van der Waals surface area contributed by atoms with E-state index in [0.29, 0.717) is 0 Å². The van der Waals surface area contributed by atoms with Crippen LogP contribution in [0.15, 0.2) is 48.7 Å². The van der Waals surface area contributed by atoms with Gasteiger partial charge < -0.3 is 0 Å². The second kappa shape index (κ2) is 5.85. The van der Waals surface area contributed by atoms with Gasteiger partial charge in [-0.05, 0) is 24.0 Å². The number of rotatable bonds is 5.